The fourth-order valence-electron chi connectivity index (χ4n) is 2.29. The smallest absolute Gasteiger partial charge is 0.215 e. The molecule has 1 aromatic rings. The van der Waals surface area contributed by atoms with Gasteiger partial charge < -0.3 is 10.6 Å². The molecule has 0 amide bonds. The first-order valence-corrected chi connectivity index (χ1v) is 10.9. The standard InChI is InChI=1S/C15H23ClN4O2S2/c1-17-15(19-12-13-4-2-3-5-14(13)16)18-6-11-24(21,22)20-7-9-23-10-8-20/h2-5H,6-12H2,1H3,(H2,17,18,19). The maximum atomic E-state index is 12.3. The molecule has 1 fully saturated rings. The predicted molar refractivity (Wildman–Crippen MR) is 102 cm³/mol. The van der Waals surface area contributed by atoms with Crippen molar-refractivity contribution in [3.8, 4) is 0 Å². The number of guanidine groups is 1. The van der Waals surface area contributed by atoms with Gasteiger partial charge in [-0.05, 0) is 11.6 Å². The van der Waals surface area contributed by atoms with Crippen molar-refractivity contribution in [1.82, 2.24) is 14.9 Å². The maximum Gasteiger partial charge on any atom is 0.215 e. The Morgan fingerprint density at radius 3 is 2.67 bits per heavy atom. The topological polar surface area (TPSA) is 73.8 Å². The van der Waals surface area contributed by atoms with Gasteiger partial charge in [-0.3, -0.25) is 4.99 Å². The van der Waals surface area contributed by atoms with Gasteiger partial charge in [0.25, 0.3) is 0 Å². The first-order valence-electron chi connectivity index (χ1n) is 7.76. The second-order valence-corrected chi connectivity index (χ2v) is 8.99. The van der Waals surface area contributed by atoms with Gasteiger partial charge in [0.1, 0.15) is 0 Å². The minimum Gasteiger partial charge on any atom is -0.355 e. The average molecular weight is 391 g/mol. The van der Waals surface area contributed by atoms with Gasteiger partial charge in [-0.1, -0.05) is 29.8 Å². The first-order chi connectivity index (χ1) is 11.5. The third-order valence-corrected chi connectivity index (χ3v) is 6.83. The number of hydrogen-bond donors (Lipinski definition) is 2. The largest absolute Gasteiger partial charge is 0.355 e. The van der Waals surface area contributed by atoms with Gasteiger partial charge in [0, 0.05) is 49.8 Å². The van der Waals surface area contributed by atoms with Gasteiger partial charge in [-0.15, -0.1) is 0 Å². The van der Waals surface area contributed by atoms with Crippen molar-refractivity contribution in [2.75, 3.05) is 43.9 Å². The Labute approximate surface area is 153 Å². The molecule has 1 aliphatic rings. The van der Waals surface area contributed by atoms with Crippen LogP contribution in [0.1, 0.15) is 5.56 Å². The van der Waals surface area contributed by atoms with E-state index in [1.54, 1.807) is 23.1 Å². The molecule has 1 heterocycles. The summed E-state index contributed by atoms with van der Waals surface area (Å²) >= 11 is 7.91. The van der Waals surface area contributed by atoms with Gasteiger partial charge in [-0.2, -0.15) is 11.8 Å². The summed E-state index contributed by atoms with van der Waals surface area (Å²) in [5, 5.41) is 6.86. The predicted octanol–water partition coefficient (Wildman–Crippen LogP) is 1.38. The molecule has 1 saturated heterocycles. The second-order valence-electron chi connectivity index (χ2n) is 5.27. The van der Waals surface area contributed by atoms with E-state index in [9.17, 15) is 8.42 Å². The fraction of sp³-hybridized carbons (Fsp3) is 0.533. The first kappa shape index (κ1) is 19.4. The number of halogens is 1. The summed E-state index contributed by atoms with van der Waals surface area (Å²) < 4.78 is 26.1. The lowest BCUT2D eigenvalue weighted by molar-refractivity contribution is 0.443. The van der Waals surface area contributed by atoms with E-state index in [2.05, 4.69) is 15.6 Å². The molecule has 0 saturated carbocycles. The zero-order valence-corrected chi connectivity index (χ0v) is 16.1. The zero-order valence-electron chi connectivity index (χ0n) is 13.7. The summed E-state index contributed by atoms with van der Waals surface area (Å²) in [5.74, 6) is 2.35. The lowest BCUT2D eigenvalue weighted by atomic mass is 10.2. The van der Waals surface area contributed by atoms with E-state index in [1.807, 2.05) is 24.3 Å². The number of rotatable bonds is 6. The monoisotopic (exact) mass is 390 g/mol. The van der Waals surface area contributed by atoms with E-state index in [0.717, 1.165) is 17.1 Å². The summed E-state index contributed by atoms with van der Waals surface area (Å²) in [6, 6.07) is 7.56. The Balaban J connectivity index is 1.78. The van der Waals surface area contributed by atoms with E-state index in [0.29, 0.717) is 37.2 Å². The van der Waals surface area contributed by atoms with Gasteiger partial charge in [-0.25, -0.2) is 12.7 Å². The number of sulfonamides is 1. The Hall–Kier alpha value is -0.960. The van der Waals surface area contributed by atoms with Crippen LogP contribution in [0.2, 0.25) is 5.02 Å². The average Bonchev–Trinajstić information content (AvgIpc) is 2.60. The molecule has 0 radical (unpaired) electrons. The summed E-state index contributed by atoms with van der Waals surface area (Å²) in [5.41, 5.74) is 0.959. The summed E-state index contributed by atoms with van der Waals surface area (Å²) in [6.07, 6.45) is 0. The Kier molecular flexibility index (Phi) is 7.67. The van der Waals surface area contributed by atoms with Crippen LogP contribution in [0.25, 0.3) is 0 Å². The number of benzene rings is 1. The lowest BCUT2D eigenvalue weighted by Crippen LogP contribution is -2.44. The molecule has 0 aliphatic carbocycles. The molecule has 1 aromatic carbocycles. The van der Waals surface area contributed by atoms with Crippen LogP contribution in [0.3, 0.4) is 0 Å². The molecule has 0 bridgehead atoms. The van der Waals surface area contributed by atoms with Gasteiger partial charge >= 0.3 is 0 Å². The second kappa shape index (κ2) is 9.50. The molecule has 0 atom stereocenters. The van der Waals surface area contributed by atoms with Crippen molar-refractivity contribution in [1.29, 1.82) is 0 Å². The van der Waals surface area contributed by atoms with Crippen LogP contribution in [0.4, 0.5) is 0 Å². The molecule has 0 aromatic heterocycles. The summed E-state index contributed by atoms with van der Waals surface area (Å²) in [6.45, 7) is 2.04. The number of hydrogen-bond acceptors (Lipinski definition) is 4. The van der Waals surface area contributed by atoms with Crippen molar-refractivity contribution in [3.05, 3.63) is 34.9 Å². The van der Waals surface area contributed by atoms with Crippen LogP contribution in [0, 0.1) is 0 Å². The molecule has 2 rings (SSSR count). The number of thioether (sulfide) groups is 1. The van der Waals surface area contributed by atoms with E-state index < -0.39 is 10.0 Å². The SMILES string of the molecule is CN=C(NCCS(=O)(=O)N1CCSCC1)NCc1ccccc1Cl. The van der Waals surface area contributed by atoms with E-state index >= 15 is 0 Å². The van der Waals surface area contributed by atoms with Crippen molar-refractivity contribution in [2.24, 2.45) is 4.99 Å². The highest BCUT2D eigenvalue weighted by Gasteiger charge is 2.23. The van der Waals surface area contributed by atoms with Crippen molar-refractivity contribution in [2.45, 2.75) is 6.54 Å². The highest BCUT2D eigenvalue weighted by molar-refractivity contribution is 7.99. The van der Waals surface area contributed by atoms with Crippen LogP contribution in [-0.2, 0) is 16.6 Å². The van der Waals surface area contributed by atoms with E-state index in [4.69, 9.17) is 11.6 Å². The number of nitrogens with one attached hydrogen (secondary N) is 2. The Morgan fingerprint density at radius 1 is 1.29 bits per heavy atom. The van der Waals surface area contributed by atoms with E-state index in [1.165, 1.54) is 0 Å². The van der Waals surface area contributed by atoms with Gasteiger partial charge in [0.05, 0.1) is 5.75 Å². The van der Waals surface area contributed by atoms with Crippen molar-refractivity contribution < 1.29 is 8.42 Å². The molecule has 6 nitrogen and oxygen atoms in total. The van der Waals surface area contributed by atoms with Gasteiger partial charge in [0.2, 0.25) is 10.0 Å². The number of aliphatic imine (C=N–C) groups is 1. The maximum absolute atomic E-state index is 12.3. The van der Waals surface area contributed by atoms with Crippen LogP contribution < -0.4 is 10.6 Å². The normalized spacial score (nSPS) is 16.8. The van der Waals surface area contributed by atoms with Crippen molar-refractivity contribution in [3.63, 3.8) is 0 Å². The molecule has 0 unspecified atom stereocenters. The third kappa shape index (κ3) is 5.84. The third-order valence-electron chi connectivity index (χ3n) is 3.64. The molecule has 0 spiro atoms. The molecule has 2 N–H and O–H groups in total. The van der Waals surface area contributed by atoms with Crippen LogP contribution in [0.15, 0.2) is 29.3 Å². The molecule has 9 heteroatoms. The van der Waals surface area contributed by atoms with Crippen LogP contribution in [-0.4, -0.2) is 62.6 Å². The quantitative estimate of drug-likeness (QED) is 0.567. The molecular formula is C15H23ClN4O2S2. The lowest BCUT2D eigenvalue weighted by Gasteiger charge is -2.25. The summed E-state index contributed by atoms with van der Waals surface area (Å²) in [4.78, 5) is 4.10. The molecule has 24 heavy (non-hydrogen) atoms. The number of nitrogens with zero attached hydrogens (tertiary/aromatic N) is 2. The Morgan fingerprint density at radius 2 is 2.00 bits per heavy atom. The molecule has 134 valence electrons. The van der Waals surface area contributed by atoms with Gasteiger partial charge in [0.15, 0.2) is 5.96 Å². The highest BCUT2D eigenvalue weighted by atomic mass is 35.5. The minimum absolute atomic E-state index is 0.0600. The Bertz CT molecular complexity index is 661. The van der Waals surface area contributed by atoms with Crippen LogP contribution >= 0.6 is 23.4 Å². The minimum atomic E-state index is -3.21. The van der Waals surface area contributed by atoms with E-state index in [-0.39, 0.29) is 5.75 Å². The molecule has 1 aliphatic heterocycles. The van der Waals surface area contributed by atoms with Crippen LogP contribution in [0.5, 0.6) is 0 Å². The fourth-order valence-corrected chi connectivity index (χ4v) is 4.99. The zero-order chi connectivity index (χ0) is 17.4. The highest BCUT2D eigenvalue weighted by Crippen LogP contribution is 2.14. The molecular weight excluding hydrogens is 368 g/mol. The summed E-state index contributed by atoms with van der Waals surface area (Å²) in [7, 11) is -1.56. The van der Waals surface area contributed by atoms with Crippen molar-refractivity contribution >= 4 is 39.3 Å².